The number of ether oxygens (including phenoxy) is 1. The van der Waals surface area contributed by atoms with Crippen LogP contribution in [0.1, 0.15) is 51.0 Å². The van der Waals surface area contributed by atoms with Gasteiger partial charge in [-0.05, 0) is 80.9 Å². The molecule has 1 amide bonds. The van der Waals surface area contributed by atoms with Gasteiger partial charge in [0.1, 0.15) is 5.75 Å². The third-order valence-corrected chi connectivity index (χ3v) is 6.68. The molecular weight excluding hydrogens is 312 g/mol. The summed E-state index contributed by atoms with van der Waals surface area (Å²) >= 11 is 0. The van der Waals surface area contributed by atoms with E-state index in [4.69, 9.17) is 4.74 Å². The first-order valence-electron chi connectivity index (χ1n) is 9.53. The van der Waals surface area contributed by atoms with E-state index in [9.17, 15) is 4.79 Å². The zero-order valence-electron chi connectivity index (χ0n) is 15.3. The van der Waals surface area contributed by atoms with Gasteiger partial charge in [0.05, 0.1) is 13.5 Å². The molecule has 0 saturated heterocycles. The van der Waals surface area contributed by atoms with Gasteiger partial charge in [-0.3, -0.25) is 4.79 Å². The highest BCUT2D eigenvalue weighted by Crippen LogP contribution is 2.60. The Hall–Kier alpha value is -1.84. The maximum absolute atomic E-state index is 12.2. The first-order valence-corrected chi connectivity index (χ1v) is 9.53. The van der Waals surface area contributed by atoms with E-state index in [0.29, 0.717) is 6.42 Å². The summed E-state index contributed by atoms with van der Waals surface area (Å²) in [4.78, 5) is 12.2. The molecule has 4 heteroatoms. The highest BCUT2D eigenvalue weighted by Gasteiger charge is 2.52. The summed E-state index contributed by atoms with van der Waals surface area (Å²) in [5.41, 5.74) is 5.19. The van der Waals surface area contributed by atoms with Crippen LogP contribution >= 0.6 is 0 Å². The van der Waals surface area contributed by atoms with E-state index >= 15 is 0 Å². The largest absolute Gasteiger partial charge is 0.497 e. The maximum Gasteiger partial charge on any atom is 0.244 e. The molecule has 4 bridgehead atoms. The van der Waals surface area contributed by atoms with Gasteiger partial charge in [-0.1, -0.05) is 12.1 Å². The average Bonchev–Trinajstić information content (AvgIpc) is 2.59. The molecule has 4 nitrogen and oxygen atoms in total. The van der Waals surface area contributed by atoms with Crippen molar-refractivity contribution in [1.29, 1.82) is 0 Å². The number of nitrogens with one attached hydrogen (secondary N) is 1. The number of nitrogens with zero attached hydrogens (tertiary/aromatic N) is 1. The Bertz CT molecular complexity index is 642. The fraction of sp³-hybridized carbons (Fsp3) is 0.619. The van der Waals surface area contributed by atoms with Crippen molar-refractivity contribution in [2.45, 2.75) is 51.9 Å². The van der Waals surface area contributed by atoms with Gasteiger partial charge in [0.25, 0.3) is 0 Å². The second-order valence-corrected chi connectivity index (χ2v) is 8.45. The maximum atomic E-state index is 12.2. The van der Waals surface area contributed by atoms with E-state index in [1.54, 1.807) is 7.11 Å². The van der Waals surface area contributed by atoms with Crippen LogP contribution in [0, 0.1) is 23.2 Å². The number of hydrogen-bond donors (Lipinski definition) is 1. The normalized spacial score (nSPS) is 33.4. The Morgan fingerprint density at radius 1 is 1.12 bits per heavy atom. The standard InChI is InChI=1S/C21H28N2O2/c1-14(21-11-16-7-17(12-21)9-18(8-16)13-21)22-23-20(24)10-15-3-5-19(25-2)6-4-15/h3-6,16-18H,7-13H2,1-2H3,(H,23,24)/b22-14+. The predicted octanol–water partition coefficient (Wildman–Crippen LogP) is 3.95. The third-order valence-electron chi connectivity index (χ3n) is 6.68. The smallest absolute Gasteiger partial charge is 0.244 e. The second-order valence-electron chi connectivity index (χ2n) is 8.45. The molecule has 0 unspecified atom stereocenters. The third kappa shape index (κ3) is 3.31. The SMILES string of the molecule is COc1ccc(CC(=O)N/N=C(\C)C23CC4CC(CC(C4)C2)C3)cc1. The summed E-state index contributed by atoms with van der Waals surface area (Å²) in [5.74, 6) is 3.44. The molecule has 25 heavy (non-hydrogen) atoms. The van der Waals surface area contributed by atoms with Crippen molar-refractivity contribution in [2.24, 2.45) is 28.3 Å². The van der Waals surface area contributed by atoms with Gasteiger partial charge in [-0.2, -0.15) is 5.10 Å². The summed E-state index contributed by atoms with van der Waals surface area (Å²) in [6, 6.07) is 7.61. The van der Waals surface area contributed by atoms with Crippen molar-refractivity contribution in [2.75, 3.05) is 7.11 Å². The molecule has 0 atom stereocenters. The summed E-state index contributed by atoms with van der Waals surface area (Å²) in [6.07, 6.45) is 8.47. The Labute approximate surface area is 150 Å². The highest BCUT2D eigenvalue weighted by molar-refractivity contribution is 5.90. The Balaban J connectivity index is 1.38. The van der Waals surface area contributed by atoms with Crippen molar-refractivity contribution >= 4 is 11.6 Å². The van der Waals surface area contributed by atoms with Gasteiger partial charge in [-0.15, -0.1) is 0 Å². The zero-order chi connectivity index (χ0) is 17.4. The molecule has 0 aromatic heterocycles. The van der Waals surface area contributed by atoms with Gasteiger partial charge in [0.2, 0.25) is 5.91 Å². The molecule has 4 fully saturated rings. The molecule has 1 aromatic rings. The van der Waals surface area contributed by atoms with E-state index in [-0.39, 0.29) is 11.3 Å². The lowest BCUT2D eigenvalue weighted by Gasteiger charge is -2.56. The molecule has 1 aromatic carbocycles. The summed E-state index contributed by atoms with van der Waals surface area (Å²) in [7, 11) is 1.64. The van der Waals surface area contributed by atoms with Crippen LogP contribution in [0.25, 0.3) is 0 Å². The number of rotatable bonds is 5. The minimum absolute atomic E-state index is 0.0470. The number of hydrogen-bond acceptors (Lipinski definition) is 3. The number of carbonyl (C=O) groups is 1. The first-order chi connectivity index (χ1) is 12.1. The minimum atomic E-state index is -0.0470. The van der Waals surface area contributed by atoms with Crippen molar-refractivity contribution in [3.8, 4) is 5.75 Å². The molecule has 1 N–H and O–H groups in total. The molecule has 4 aliphatic rings. The Morgan fingerprint density at radius 3 is 2.20 bits per heavy atom. The molecule has 0 heterocycles. The molecule has 0 radical (unpaired) electrons. The fourth-order valence-electron chi connectivity index (χ4n) is 5.79. The first kappa shape index (κ1) is 16.6. The zero-order valence-corrected chi connectivity index (χ0v) is 15.3. The fourth-order valence-corrected chi connectivity index (χ4v) is 5.79. The van der Waals surface area contributed by atoms with Crippen molar-refractivity contribution in [1.82, 2.24) is 5.43 Å². The molecule has 4 saturated carbocycles. The van der Waals surface area contributed by atoms with Crippen LogP contribution in [-0.2, 0) is 11.2 Å². The molecule has 4 aliphatic carbocycles. The molecule has 0 spiro atoms. The predicted molar refractivity (Wildman–Crippen MR) is 98.6 cm³/mol. The van der Waals surface area contributed by atoms with Crippen LogP contribution in [-0.4, -0.2) is 18.7 Å². The average molecular weight is 340 g/mol. The van der Waals surface area contributed by atoms with E-state index in [1.165, 1.54) is 38.5 Å². The molecular formula is C21H28N2O2. The van der Waals surface area contributed by atoms with E-state index in [2.05, 4.69) is 17.5 Å². The lowest BCUT2D eigenvalue weighted by atomic mass is 9.48. The van der Waals surface area contributed by atoms with Crippen LogP contribution in [0.15, 0.2) is 29.4 Å². The van der Waals surface area contributed by atoms with Gasteiger partial charge >= 0.3 is 0 Å². The summed E-state index contributed by atoms with van der Waals surface area (Å²) in [6.45, 7) is 2.13. The Morgan fingerprint density at radius 2 is 1.68 bits per heavy atom. The van der Waals surface area contributed by atoms with Crippen molar-refractivity contribution in [3.63, 3.8) is 0 Å². The summed E-state index contributed by atoms with van der Waals surface area (Å²) < 4.78 is 5.15. The van der Waals surface area contributed by atoms with Crippen LogP contribution in [0.4, 0.5) is 0 Å². The van der Waals surface area contributed by atoms with Gasteiger partial charge in [0.15, 0.2) is 0 Å². The molecule has 134 valence electrons. The van der Waals surface area contributed by atoms with Crippen LogP contribution in [0.5, 0.6) is 5.75 Å². The highest BCUT2D eigenvalue weighted by atomic mass is 16.5. The molecule has 5 rings (SSSR count). The number of methoxy groups -OCH3 is 1. The molecule has 0 aliphatic heterocycles. The second kappa shape index (κ2) is 6.47. The Kier molecular flexibility index (Phi) is 4.30. The van der Waals surface area contributed by atoms with Crippen LogP contribution in [0.2, 0.25) is 0 Å². The van der Waals surface area contributed by atoms with E-state index in [0.717, 1.165) is 34.8 Å². The van der Waals surface area contributed by atoms with E-state index < -0.39 is 0 Å². The van der Waals surface area contributed by atoms with Gasteiger partial charge < -0.3 is 4.74 Å². The minimum Gasteiger partial charge on any atom is -0.497 e. The number of hydrazone groups is 1. The van der Waals surface area contributed by atoms with Crippen LogP contribution < -0.4 is 10.2 Å². The number of benzene rings is 1. The monoisotopic (exact) mass is 340 g/mol. The van der Waals surface area contributed by atoms with Gasteiger partial charge in [0, 0.05) is 11.1 Å². The topological polar surface area (TPSA) is 50.7 Å². The van der Waals surface area contributed by atoms with Crippen LogP contribution in [0.3, 0.4) is 0 Å². The summed E-state index contributed by atoms with van der Waals surface area (Å²) in [5, 5.41) is 4.54. The lowest BCUT2D eigenvalue weighted by Crippen LogP contribution is -2.49. The number of amides is 1. The lowest BCUT2D eigenvalue weighted by molar-refractivity contribution is -0.120. The van der Waals surface area contributed by atoms with Crippen molar-refractivity contribution in [3.05, 3.63) is 29.8 Å². The van der Waals surface area contributed by atoms with Gasteiger partial charge in [-0.25, -0.2) is 5.43 Å². The van der Waals surface area contributed by atoms with Crippen molar-refractivity contribution < 1.29 is 9.53 Å². The van der Waals surface area contributed by atoms with E-state index in [1.807, 2.05) is 24.3 Å². The number of carbonyl (C=O) groups excluding carboxylic acids is 1. The quantitative estimate of drug-likeness (QED) is 0.652.